The number of thiophene rings is 1. The minimum atomic E-state index is -0.832. The molecule has 0 unspecified atom stereocenters. The van der Waals surface area contributed by atoms with E-state index in [2.05, 4.69) is 17.4 Å². The van der Waals surface area contributed by atoms with Crippen LogP contribution in [0.25, 0.3) is 10.1 Å². The van der Waals surface area contributed by atoms with Gasteiger partial charge in [0.05, 0.1) is 0 Å². The number of fused-ring (bicyclic) bond motifs is 1. The number of aryl methyl sites for hydroxylation is 1. The SMILES string of the molecule is C[C@H](CCc1ccccc1)NC(=O)[C@H](C)OC(=O)c1cc2ccccc2s1. The highest BCUT2D eigenvalue weighted by molar-refractivity contribution is 7.20. The molecule has 0 aliphatic rings. The molecule has 0 radical (unpaired) electrons. The third-order valence-corrected chi connectivity index (χ3v) is 5.47. The second kappa shape index (κ2) is 8.82. The molecule has 3 aromatic rings. The topological polar surface area (TPSA) is 55.4 Å². The Morgan fingerprint density at radius 1 is 1.04 bits per heavy atom. The highest BCUT2D eigenvalue weighted by Crippen LogP contribution is 2.26. The van der Waals surface area contributed by atoms with Gasteiger partial charge in [-0.2, -0.15) is 0 Å². The van der Waals surface area contributed by atoms with E-state index in [9.17, 15) is 9.59 Å². The van der Waals surface area contributed by atoms with Gasteiger partial charge in [-0.05, 0) is 49.8 Å². The Morgan fingerprint density at radius 2 is 1.74 bits per heavy atom. The van der Waals surface area contributed by atoms with Crippen molar-refractivity contribution in [2.45, 2.75) is 38.8 Å². The normalized spacial score (nSPS) is 13.1. The van der Waals surface area contributed by atoms with Gasteiger partial charge in [-0.15, -0.1) is 11.3 Å². The molecule has 4 nitrogen and oxygen atoms in total. The fourth-order valence-corrected chi connectivity index (χ4v) is 3.76. The van der Waals surface area contributed by atoms with Crippen LogP contribution >= 0.6 is 11.3 Å². The van der Waals surface area contributed by atoms with Crippen molar-refractivity contribution in [1.82, 2.24) is 5.32 Å². The van der Waals surface area contributed by atoms with Gasteiger partial charge in [-0.1, -0.05) is 48.5 Å². The Hall–Kier alpha value is -2.66. The summed E-state index contributed by atoms with van der Waals surface area (Å²) >= 11 is 1.37. The van der Waals surface area contributed by atoms with Gasteiger partial charge in [0, 0.05) is 10.7 Å². The van der Waals surface area contributed by atoms with E-state index in [-0.39, 0.29) is 11.9 Å². The second-order valence-electron chi connectivity index (χ2n) is 6.63. The molecule has 0 saturated heterocycles. The Balaban J connectivity index is 1.49. The summed E-state index contributed by atoms with van der Waals surface area (Å²) in [7, 11) is 0. The molecule has 1 N–H and O–H groups in total. The molecule has 0 bridgehead atoms. The molecule has 2 atom stereocenters. The van der Waals surface area contributed by atoms with Gasteiger partial charge < -0.3 is 10.1 Å². The molecule has 5 heteroatoms. The van der Waals surface area contributed by atoms with Crippen molar-refractivity contribution in [3.8, 4) is 0 Å². The second-order valence-corrected chi connectivity index (χ2v) is 7.71. The van der Waals surface area contributed by atoms with E-state index in [1.807, 2.05) is 49.4 Å². The molecule has 1 aromatic heterocycles. The minimum Gasteiger partial charge on any atom is -0.448 e. The molecule has 0 aliphatic heterocycles. The van der Waals surface area contributed by atoms with Crippen LogP contribution in [0.2, 0.25) is 0 Å². The summed E-state index contributed by atoms with van der Waals surface area (Å²) in [4.78, 5) is 25.2. The molecule has 27 heavy (non-hydrogen) atoms. The first-order valence-corrected chi connectivity index (χ1v) is 9.88. The van der Waals surface area contributed by atoms with Gasteiger partial charge in [0.1, 0.15) is 4.88 Å². The van der Waals surface area contributed by atoms with Crippen LogP contribution in [0, 0.1) is 0 Å². The highest BCUT2D eigenvalue weighted by atomic mass is 32.1. The molecule has 1 amide bonds. The number of benzene rings is 2. The third kappa shape index (κ3) is 5.17. The van der Waals surface area contributed by atoms with E-state index >= 15 is 0 Å². The summed E-state index contributed by atoms with van der Waals surface area (Å²) < 4.78 is 6.38. The zero-order chi connectivity index (χ0) is 19.2. The quantitative estimate of drug-likeness (QED) is 0.609. The van der Waals surface area contributed by atoms with Crippen molar-refractivity contribution < 1.29 is 14.3 Å². The van der Waals surface area contributed by atoms with Crippen LogP contribution < -0.4 is 5.32 Å². The van der Waals surface area contributed by atoms with Crippen molar-refractivity contribution in [2.24, 2.45) is 0 Å². The predicted molar refractivity (Wildman–Crippen MR) is 109 cm³/mol. The van der Waals surface area contributed by atoms with Crippen molar-refractivity contribution in [2.75, 3.05) is 0 Å². The third-order valence-electron chi connectivity index (χ3n) is 4.38. The first-order valence-electron chi connectivity index (χ1n) is 9.07. The molecule has 2 aromatic carbocycles. The molecule has 1 heterocycles. The average Bonchev–Trinajstić information content (AvgIpc) is 3.11. The lowest BCUT2D eigenvalue weighted by Gasteiger charge is -2.17. The van der Waals surface area contributed by atoms with E-state index in [0.29, 0.717) is 4.88 Å². The van der Waals surface area contributed by atoms with Gasteiger partial charge in [-0.3, -0.25) is 4.79 Å². The molecule has 140 valence electrons. The molecule has 0 spiro atoms. The Morgan fingerprint density at radius 3 is 2.48 bits per heavy atom. The average molecular weight is 381 g/mol. The zero-order valence-electron chi connectivity index (χ0n) is 15.5. The van der Waals surface area contributed by atoms with E-state index in [0.717, 1.165) is 22.9 Å². The predicted octanol–water partition coefficient (Wildman–Crippen LogP) is 4.58. The van der Waals surface area contributed by atoms with Crippen molar-refractivity contribution in [3.63, 3.8) is 0 Å². The summed E-state index contributed by atoms with van der Waals surface area (Å²) in [6.07, 6.45) is 0.882. The van der Waals surface area contributed by atoms with Gasteiger partial charge in [0.15, 0.2) is 6.10 Å². The van der Waals surface area contributed by atoms with E-state index in [1.165, 1.54) is 16.9 Å². The maximum absolute atomic E-state index is 12.3. The Labute approximate surface area is 163 Å². The van der Waals surface area contributed by atoms with Crippen LogP contribution in [0.3, 0.4) is 0 Å². The van der Waals surface area contributed by atoms with Gasteiger partial charge >= 0.3 is 5.97 Å². The number of carbonyl (C=O) groups is 2. The van der Waals surface area contributed by atoms with E-state index in [4.69, 9.17) is 4.74 Å². The number of esters is 1. The Bertz CT molecular complexity index is 886. The maximum atomic E-state index is 12.3. The fraction of sp³-hybridized carbons (Fsp3) is 0.273. The summed E-state index contributed by atoms with van der Waals surface area (Å²) in [6, 6.07) is 19.7. The lowest BCUT2D eigenvalue weighted by Crippen LogP contribution is -2.40. The van der Waals surface area contributed by atoms with Crippen LogP contribution in [-0.4, -0.2) is 24.0 Å². The number of hydrogen-bond acceptors (Lipinski definition) is 4. The Kier molecular flexibility index (Phi) is 6.24. The van der Waals surface area contributed by atoms with Crippen molar-refractivity contribution in [3.05, 3.63) is 71.1 Å². The van der Waals surface area contributed by atoms with E-state index in [1.54, 1.807) is 13.0 Å². The van der Waals surface area contributed by atoms with Gasteiger partial charge in [0.2, 0.25) is 0 Å². The van der Waals surface area contributed by atoms with Crippen molar-refractivity contribution >= 4 is 33.3 Å². The molecule has 0 aliphatic carbocycles. The highest BCUT2D eigenvalue weighted by Gasteiger charge is 2.21. The zero-order valence-corrected chi connectivity index (χ0v) is 16.3. The smallest absolute Gasteiger partial charge is 0.349 e. The van der Waals surface area contributed by atoms with Crippen LogP contribution in [-0.2, 0) is 16.0 Å². The van der Waals surface area contributed by atoms with Gasteiger partial charge in [0.25, 0.3) is 5.91 Å². The monoisotopic (exact) mass is 381 g/mol. The number of nitrogens with one attached hydrogen (secondary N) is 1. The number of ether oxygens (including phenoxy) is 1. The summed E-state index contributed by atoms with van der Waals surface area (Å²) in [5.41, 5.74) is 1.24. The van der Waals surface area contributed by atoms with Crippen LogP contribution in [0.5, 0.6) is 0 Å². The van der Waals surface area contributed by atoms with Gasteiger partial charge in [-0.25, -0.2) is 4.79 Å². The summed E-state index contributed by atoms with van der Waals surface area (Å²) in [5.74, 6) is -0.735. The lowest BCUT2D eigenvalue weighted by atomic mass is 10.1. The largest absolute Gasteiger partial charge is 0.448 e. The molecule has 3 rings (SSSR count). The minimum absolute atomic E-state index is 0.00295. The number of carbonyl (C=O) groups excluding carboxylic acids is 2. The standard InChI is InChI=1S/C22H23NO3S/c1-15(12-13-17-8-4-3-5-9-17)23-21(24)16(2)26-22(25)20-14-18-10-6-7-11-19(18)27-20/h3-11,14-16H,12-13H2,1-2H3,(H,23,24)/t15-,16+/m1/s1. The first kappa shape index (κ1) is 19.1. The maximum Gasteiger partial charge on any atom is 0.349 e. The number of amides is 1. The van der Waals surface area contributed by atoms with E-state index < -0.39 is 12.1 Å². The lowest BCUT2D eigenvalue weighted by molar-refractivity contribution is -0.129. The van der Waals surface area contributed by atoms with Crippen molar-refractivity contribution in [1.29, 1.82) is 0 Å². The van der Waals surface area contributed by atoms with Crippen LogP contribution in [0.1, 0.15) is 35.5 Å². The summed E-state index contributed by atoms with van der Waals surface area (Å²) in [6.45, 7) is 3.56. The number of rotatable bonds is 7. The molecular formula is C22H23NO3S. The van der Waals surface area contributed by atoms with Crippen LogP contribution in [0.4, 0.5) is 0 Å². The molecule has 0 fully saturated rings. The fourth-order valence-electron chi connectivity index (χ4n) is 2.81. The summed E-state index contributed by atoms with van der Waals surface area (Å²) in [5, 5.41) is 3.92. The first-order chi connectivity index (χ1) is 13.0. The molecular weight excluding hydrogens is 358 g/mol. The van der Waals surface area contributed by atoms with Crippen LogP contribution in [0.15, 0.2) is 60.7 Å². The number of hydrogen-bond donors (Lipinski definition) is 1. The molecule has 0 saturated carbocycles.